The number of aromatic nitrogens is 2. The number of nitrogens with zero attached hydrogens (tertiary/aromatic N) is 2. The highest BCUT2D eigenvalue weighted by molar-refractivity contribution is 7.91. The predicted molar refractivity (Wildman–Crippen MR) is 72.9 cm³/mol. The lowest BCUT2D eigenvalue weighted by atomic mass is 10.2. The Morgan fingerprint density at radius 2 is 2.11 bits per heavy atom. The zero-order valence-corrected chi connectivity index (χ0v) is 11.6. The molecule has 0 aliphatic carbocycles. The number of aryl methyl sites for hydroxylation is 1. The van der Waals surface area contributed by atoms with Crippen LogP contribution in [-0.2, 0) is 16.3 Å². The smallest absolute Gasteiger partial charge is 0.181 e. The van der Waals surface area contributed by atoms with Crippen LogP contribution < -0.4 is 0 Å². The molecule has 3 rings (SSSR count). The van der Waals surface area contributed by atoms with Gasteiger partial charge in [-0.05, 0) is 25.0 Å². The minimum Gasteiger partial charge on any atom is -0.235 e. The fraction of sp³-hybridized carbons (Fsp3) is 0.231. The molecule has 2 heterocycles. The van der Waals surface area contributed by atoms with Crippen LogP contribution in [0.1, 0.15) is 12.1 Å². The molecule has 4 nitrogen and oxygen atoms in total. The van der Waals surface area contributed by atoms with Crippen LogP contribution in [0.4, 0.5) is 0 Å². The number of fused-ring (bicyclic) bond motifs is 1. The van der Waals surface area contributed by atoms with Gasteiger partial charge in [0.25, 0.3) is 0 Å². The second-order valence-corrected chi connectivity index (χ2v) is 6.95. The van der Waals surface area contributed by atoms with E-state index in [1.165, 1.54) is 6.20 Å². The predicted octanol–water partition coefficient (Wildman–Crippen LogP) is 2.52. The van der Waals surface area contributed by atoms with Crippen molar-refractivity contribution in [1.29, 1.82) is 0 Å². The van der Waals surface area contributed by atoms with E-state index in [1.807, 2.05) is 12.1 Å². The third kappa shape index (κ3) is 2.35. The molecule has 19 heavy (non-hydrogen) atoms. The average molecular weight is 295 g/mol. The summed E-state index contributed by atoms with van der Waals surface area (Å²) < 4.78 is 23.7. The molecule has 0 spiro atoms. The standard InChI is InChI=1S/C13H11ClN2O2S/c14-10-4-1-3-9(7-10)13-15-8-12-11(16-13)5-2-6-19(12,17)18/h1,3-4,7-8H,2,5-6H2. The Morgan fingerprint density at radius 1 is 1.26 bits per heavy atom. The van der Waals surface area contributed by atoms with E-state index in [-0.39, 0.29) is 10.6 Å². The van der Waals surface area contributed by atoms with E-state index in [4.69, 9.17) is 11.6 Å². The van der Waals surface area contributed by atoms with Gasteiger partial charge in [-0.15, -0.1) is 0 Å². The number of rotatable bonds is 1. The number of hydrogen-bond donors (Lipinski definition) is 0. The first-order valence-corrected chi connectivity index (χ1v) is 7.94. The van der Waals surface area contributed by atoms with Crippen LogP contribution in [0.5, 0.6) is 0 Å². The molecule has 2 aromatic rings. The zero-order chi connectivity index (χ0) is 13.5. The quantitative estimate of drug-likeness (QED) is 0.811. The van der Waals surface area contributed by atoms with Gasteiger partial charge in [0, 0.05) is 16.8 Å². The molecule has 0 fully saturated rings. The number of sulfone groups is 1. The van der Waals surface area contributed by atoms with Crippen molar-refractivity contribution in [1.82, 2.24) is 9.97 Å². The topological polar surface area (TPSA) is 59.9 Å². The van der Waals surface area contributed by atoms with E-state index < -0.39 is 9.84 Å². The Morgan fingerprint density at radius 3 is 2.89 bits per heavy atom. The van der Waals surface area contributed by atoms with Gasteiger partial charge in [0.15, 0.2) is 15.7 Å². The monoisotopic (exact) mass is 294 g/mol. The van der Waals surface area contributed by atoms with Crippen molar-refractivity contribution in [2.45, 2.75) is 17.7 Å². The van der Waals surface area contributed by atoms with Crippen LogP contribution in [0.15, 0.2) is 35.4 Å². The molecule has 0 N–H and O–H groups in total. The second kappa shape index (κ2) is 4.58. The Labute approximate surface area is 116 Å². The summed E-state index contributed by atoms with van der Waals surface area (Å²) >= 11 is 5.93. The molecular formula is C13H11ClN2O2S. The summed E-state index contributed by atoms with van der Waals surface area (Å²) in [5.41, 5.74) is 1.40. The van der Waals surface area contributed by atoms with Crippen molar-refractivity contribution in [2.24, 2.45) is 0 Å². The van der Waals surface area contributed by atoms with E-state index in [0.717, 1.165) is 5.56 Å². The van der Waals surface area contributed by atoms with Crippen molar-refractivity contribution >= 4 is 21.4 Å². The van der Waals surface area contributed by atoms with Crippen LogP contribution in [-0.4, -0.2) is 24.1 Å². The third-order valence-electron chi connectivity index (χ3n) is 3.07. The summed E-state index contributed by atoms with van der Waals surface area (Å²) in [4.78, 5) is 8.79. The molecule has 0 saturated heterocycles. The lowest BCUT2D eigenvalue weighted by Gasteiger charge is -2.15. The SMILES string of the molecule is O=S1(=O)CCCc2nc(-c3cccc(Cl)c3)ncc21. The highest BCUT2D eigenvalue weighted by atomic mass is 35.5. The molecule has 1 aromatic heterocycles. The summed E-state index contributed by atoms with van der Waals surface area (Å²) in [6.45, 7) is 0. The largest absolute Gasteiger partial charge is 0.235 e. The van der Waals surface area contributed by atoms with Gasteiger partial charge in [-0.1, -0.05) is 23.7 Å². The minimum atomic E-state index is -3.20. The summed E-state index contributed by atoms with van der Waals surface area (Å²) in [6, 6.07) is 7.21. The first-order chi connectivity index (χ1) is 9.06. The van der Waals surface area contributed by atoms with Gasteiger partial charge in [0.1, 0.15) is 4.90 Å². The first kappa shape index (κ1) is 12.6. The van der Waals surface area contributed by atoms with Gasteiger partial charge < -0.3 is 0 Å². The second-order valence-electron chi connectivity index (χ2n) is 4.44. The lowest BCUT2D eigenvalue weighted by Crippen LogP contribution is -2.18. The van der Waals surface area contributed by atoms with Crippen LogP contribution in [0.2, 0.25) is 5.02 Å². The molecule has 1 aromatic carbocycles. The average Bonchev–Trinajstić information content (AvgIpc) is 2.38. The molecule has 0 radical (unpaired) electrons. The molecule has 98 valence electrons. The lowest BCUT2D eigenvalue weighted by molar-refractivity contribution is 0.583. The van der Waals surface area contributed by atoms with Gasteiger partial charge in [0.05, 0.1) is 11.4 Å². The van der Waals surface area contributed by atoms with Crippen LogP contribution >= 0.6 is 11.6 Å². The molecule has 0 amide bonds. The highest BCUT2D eigenvalue weighted by Crippen LogP contribution is 2.26. The summed E-state index contributed by atoms with van der Waals surface area (Å²) in [7, 11) is -3.20. The molecule has 6 heteroatoms. The molecule has 0 unspecified atom stereocenters. The fourth-order valence-electron chi connectivity index (χ4n) is 2.15. The zero-order valence-electron chi connectivity index (χ0n) is 10.0. The van der Waals surface area contributed by atoms with E-state index >= 15 is 0 Å². The van der Waals surface area contributed by atoms with Gasteiger partial charge in [-0.2, -0.15) is 0 Å². The summed E-state index contributed by atoms with van der Waals surface area (Å²) in [5.74, 6) is 0.693. The van der Waals surface area contributed by atoms with E-state index in [0.29, 0.717) is 29.4 Å². The van der Waals surface area contributed by atoms with Crippen molar-refractivity contribution < 1.29 is 8.42 Å². The Hall–Kier alpha value is -1.46. The van der Waals surface area contributed by atoms with Crippen molar-refractivity contribution in [2.75, 3.05) is 5.75 Å². The van der Waals surface area contributed by atoms with Crippen molar-refractivity contribution in [3.8, 4) is 11.4 Å². The van der Waals surface area contributed by atoms with Crippen LogP contribution in [0, 0.1) is 0 Å². The maximum atomic E-state index is 11.9. The molecular weight excluding hydrogens is 284 g/mol. The Bertz CT molecular complexity index is 744. The molecule has 0 bridgehead atoms. The highest BCUT2D eigenvalue weighted by Gasteiger charge is 2.25. The number of benzene rings is 1. The summed E-state index contributed by atoms with van der Waals surface area (Å²) in [5, 5.41) is 0.603. The molecule has 1 aliphatic heterocycles. The fourth-order valence-corrected chi connectivity index (χ4v) is 3.81. The van der Waals surface area contributed by atoms with Crippen molar-refractivity contribution in [3.05, 3.63) is 41.2 Å². The third-order valence-corrected chi connectivity index (χ3v) is 5.15. The van der Waals surface area contributed by atoms with Crippen LogP contribution in [0.25, 0.3) is 11.4 Å². The van der Waals surface area contributed by atoms with E-state index in [1.54, 1.807) is 12.1 Å². The maximum Gasteiger partial charge on any atom is 0.181 e. The van der Waals surface area contributed by atoms with Gasteiger partial charge >= 0.3 is 0 Å². The molecule has 0 atom stereocenters. The number of halogens is 1. The van der Waals surface area contributed by atoms with Gasteiger partial charge in [-0.3, -0.25) is 0 Å². The molecule has 0 saturated carbocycles. The van der Waals surface area contributed by atoms with Gasteiger partial charge in [-0.25, -0.2) is 18.4 Å². The normalized spacial score (nSPS) is 16.9. The van der Waals surface area contributed by atoms with E-state index in [2.05, 4.69) is 9.97 Å². The van der Waals surface area contributed by atoms with Crippen LogP contribution in [0.3, 0.4) is 0 Å². The molecule has 1 aliphatic rings. The maximum absolute atomic E-state index is 11.9. The summed E-state index contributed by atoms with van der Waals surface area (Å²) in [6.07, 6.45) is 2.69. The Balaban J connectivity index is 2.12. The number of hydrogen-bond acceptors (Lipinski definition) is 4. The van der Waals surface area contributed by atoms with E-state index in [9.17, 15) is 8.42 Å². The Kier molecular flexibility index (Phi) is 3.03. The van der Waals surface area contributed by atoms with Gasteiger partial charge in [0.2, 0.25) is 0 Å². The first-order valence-electron chi connectivity index (χ1n) is 5.91. The van der Waals surface area contributed by atoms with Crippen molar-refractivity contribution in [3.63, 3.8) is 0 Å². The minimum absolute atomic E-state index is 0.180.